The van der Waals surface area contributed by atoms with Gasteiger partial charge in [0, 0.05) is 25.0 Å². The normalized spacial score (nSPS) is 12.1. The zero-order valence-corrected chi connectivity index (χ0v) is 9.85. The Morgan fingerprint density at radius 1 is 1.47 bits per heavy atom. The Morgan fingerprint density at radius 2 is 2.12 bits per heavy atom. The number of nitrogens with one attached hydrogen (secondary N) is 1. The van der Waals surface area contributed by atoms with Gasteiger partial charge in [0.2, 0.25) is 0 Å². The molecule has 0 aromatic heterocycles. The standard InChI is InChI=1S/C12H18N2O3/c1-17-7-6-11(8-15)14-12(16)9-2-4-10(13)5-3-9/h2-5,11,15H,6-8,13H2,1H3,(H,14,16). The van der Waals surface area contributed by atoms with Crippen LogP contribution in [-0.2, 0) is 4.74 Å². The fraction of sp³-hybridized carbons (Fsp3) is 0.417. The lowest BCUT2D eigenvalue weighted by Gasteiger charge is -2.15. The number of ether oxygens (including phenoxy) is 1. The average Bonchev–Trinajstić information content (AvgIpc) is 2.35. The molecular formula is C12H18N2O3. The molecule has 94 valence electrons. The summed E-state index contributed by atoms with van der Waals surface area (Å²) in [5.41, 5.74) is 6.67. The molecule has 0 fully saturated rings. The highest BCUT2D eigenvalue weighted by atomic mass is 16.5. The Balaban J connectivity index is 2.54. The molecule has 0 spiro atoms. The number of benzene rings is 1. The van der Waals surface area contributed by atoms with Gasteiger partial charge in [0.25, 0.3) is 5.91 Å². The van der Waals surface area contributed by atoms with E-state index in [-0.39, 0.29) is 18.6 Å². The quantitative estimate of drug-likeness (QED) is 0.626. The Labute approximate surface area is 101 Å². The number of aliphatic hydroxyl groups excluding tert-OH is 1. The number of rotatable bonds is 6. The summed E-state index contributed by atoms with van der Waals surface area (Å²) in [6.45, 7) is 0.386. The van der Waals surface area contributed by atoms with E-state index >= 15 is 0 Å². The van der Waals surface area contributed by atoms with E-state index in [1.54, 1.807) is 31.4 Å². The van der Waals surface area contributed by atoms with Crippen molar-refractivity contribution in [3.05, 3.63) is 29.8 Å². The first-order valence-corrected chi connectivity index (χ1v) is 5.43. The topological polar surface area (TPSA) is 84.6 Å². The number of nitrogen functional groups attached to an aromatic ring is 1. The molecule has 1 unspecified atom stereocenters. The summed E-state index contributed by atoms with van der Waals surface area (Å²) in [5.74, 6) is -0.222. The van der Waals surface area contributed by atoms with Crippen molar-refractivity contribution in [1.82, 2.24) is 5.32 Å². The number of carbonyl (C=O) groups is 1. The lowest BCUT2D eigenvalue weighted by molar-refractivity contribution is 0.0895. The highest BCUT2D eigenvalue weighted by Crippen LogP contribution is 2.06. The zero-order valence-electron chi connectivity index (χ0n) is 9.85. The molecule has 1 amide bonds. The molecule has 5 nitrogen and oxygen atoms in total. The second-order valence-corrected chi connectivity index (χ2v) is 3.76. The molecule has 1 rings (SSSR count). The first-order chi connectivity index (χ1) is 8.17. The number of amides is 1. The zero-order chi connectivity index (χ0) is 12.7. The molecule has 5 heteroatoms. The van der Waals surface area contributed by atoms with Crippen LogP contribution in [0.5, 0.6) is 0 Å². The van der Waals surface area contributed by atoms with Crippen LogP contribution < -0.4 is 11.1 Å². The van der Waals surface area contributed by atoms with Gasteiger partial charge in [-0.1, -0.05) is 0 Å². The molecule has 1 aromatic carbocycles. The molecule has 0 heterocycles. The van der Waals surface area contributed by atoms with Crippen LogP contribution >= 0.6 is 0 Å². The minimum atomic E-state index is -0.292. The molecule has 0 aliphatic carbocycles. The van der Waals surface area contributed by atoms with Crippen LogP contribution in [0.15, 0.2) is 24.3 Å². The van der Waals surface area contributed by atoms with Gasteiger partial charge in [-0.3, -0.25) is 4.79 Å². The van der Waals surface area contributed by atoms with Crippen molar-refractivity contribution in [2.45, 2.75) is 12.5 Å². The van der Waals surface area contributed by atoms with Crippen molar-refractivity contribution in [2.24, 2.45) is 0 Å². The van der Waals surface area contributed by atoms with Crippen LogP contribution in [0.25, 0.3) is 0 Å². The van der Waals surface area contributed by atoms with Gasteiger partial charge in [-0.05, 0) is 30.7 Å². The number of nitrogens with two attached hydrogens (primary N) is 1. The molecule has 0 saturated heterocycles. The molecule has 17 heavy (non-hydrogen) atoms. The van der Waals surface area contributed by atoms with E-state index in [2.05, 4.69) is 5.32 Å². The molecule has 0 aliphatic rings. The van der Waals surface area contributed by atoms with Gasteiger partial charge < -0.3 is 20.9 Å². The third-order valence-electron chi connectivity index (χ3n) is 2.40. The minimum Gasteiger partial charge on any atom is -0.399 e. The van der Waals surface area contributed by atoms with Crippen molar-refractivity contribution in [2.75, 3.05) is 26.1 Å². The van der Waals surface area contributed by atoms with Crippen LogP contribution in [0.2, 0.25) is 0 Å². The molecule has 0 saturated carbocycles. The Bertz CT molecular complexity index is 351. The first kappa shape index (κ1) is 13.5. The molecule has 1 aromatic rings. The van der Waals surface area contributed by atoms with Crippen molar-refractivity contribution < 1.29 is 14.6 Å². The van der Waals surface area contributed by atoms with E-state index in [4.69, 9.17) is 15.6 Å². The van der Waals surface area contributed by atoms with Crippen molar-refractivity contribution >= 4 is 11.6 Å². The first-order valence-electron chi connectivity index (χ1n) is 5.43. The fourth-order valence-electron chi connectivity index (χ4n) is 1.37. The Kier molecular flexibility index (Phi) is 5.45. The largest absolute Gasteiger partial charge is 0.399 e. The van der Waals surface area contributed by atoms with E-state index in [9.17, 15) is 4.79 Å². The minimum absolute atomic E-state index is 0.107. The van der Waals surface area contributed by atoms with E-state index in [0.29, 0.717) is 24.3 Å². The van der Waals surface area contributed by atoms with Crippen LogP contribution in [0, 0.1) is 0 Å². The number of carbonyl (C=O) groups excluding carboxylic acids is 1. The van der Waals surface area contributed by atoms with Crippen molar-refractivity contribution in [3.8, 4) is 0 Å². The van der Waals surface area contributed by atoms with Gasteiger partial charge in [0.15, 0.2) is 0 Å². The molecule has 4 N–H and O–H groups in total. The molecular weight excluding hydrogens is 220 g/mol. The number of methoxy groups -OCH3 is 1. The SMILES string of the molecule is COCCC(CO)NC(=O)c1ccc(N)cc1. The summed E-state index contributed by atoms with van der Waals surface area (Å²) >= 11 is 0. The Morgan fingerprint density at radius 3 is 2.65 bits per heavy atom. The van der Waals surface area contributed by atoms with Gasteiger partial charge in [-0.25, -0.2) is 0 Å². The summed E-state index contributed by atoms with van der Waals surface area (Å²) < 4.78 is 4.90. The maximum absolute atomic E-state index is 11.8. The van der Waals surface area contributed by atoms with Crippen LogP contribution in [0.4, 0.5) is 5.69 Å². The highest BCUT2D eigenvalue weighted by molar-refractivity contribution is 5.94. The van der Waals surface area contributed by atoms with Crippen LogP contribution in [0.3, 0.4) is 0 Å². The summed E-state index contributed by atoms with van der Waals surface area (Å²) in [4.78, 5) is 11.8. The summed E-state index contributed by atoms with van der Waals surface area (Å²) in [6, 6.07) is 6.33. The predicted octanol–water partition coefficient (Wildman–Crippen LogP) is 0.396. The van der Waals surface area contributed by atoms with Crippen LogP contribution in [0.1, 0.15) is 16.8 Å². The summed E-state index contributed by atoms with van der Waals surface area (Å²) in [7, 11) is 1.58. The monoisotopic (exact) mass is 238 g/mol. The van der Waals surface area contributed by atoms with Crippen LogP contribution in [-0.4, -0.2) is 37.4 Å². The van der Waals surface area contributed by atoms with Crippen molar-refractivity contribution in [3.63, 3.8) is 0 Å². The third-order valence-corrected chi connectivity index (χ3v) is 2.40. The van der Waals surface area contributed by atoms with Gasteiger partial charge >= 0.3 is 0 Å². The van der Waals surface area contributed by atoms with Gasteiger partial charge in [0.1, 0.15) is 0 Å². The van der Waals surface area contributed by atoms with Gasteiger partial charge in [0.05, 0.1) is 12.6 Å². The maximum Gasteiger partial charge on any atom is 0.251 e. The second kappa shape index (κ2) is 6.88. The number of hydrogen-bond acceptors (Lipinski definition) is 4. The molecule has 1 atom stereocenters. The summed E-state index contributed by atoms with van der Waals surface area (Å²) in [6.07, 6.45) is 0.577. The smallest absolute Gasteiger partial charge is 0.251 e. The highest BCUT2D eigenvalue weighted by Gasteiger charge is 2.12. The lowest BCUT2D eigenvalue weighted by Crippen LogP contribution is -2.38. The molecule has 0 aliphatic heterocycles. The Hall–Kier alpha value is -1.59. The second-order valence-electron chi connectivity index (χ2n) is 3.76. The van der Waals surface area contributed by atoms with Crippen molar-refractivity contribution in [1.29, 1.82) is 0 Å². The van der Waals surface area contributed by atoms with Gasteiger partial charge in [-0.15, -0.1) is 0 Å². The fourth-order valence-corrected chi connectivity index (χ4v) is 1.37. The number of aliphatic hydroxyl groups is 1. The predicted molar refractivity (Wildman–Crippen MR) is 65.7 cm³/mol. The average molecular weight is 238 g/mol. The third kappa shape index (κ3) is 4.42. The molecule has 0 bridgehead atoms. The van der Waals surface area contributed by atoms with E-state index in [1.165, 1.54) is 0 Å². The number of hydrogen-bond donors (Lipinski definition) is 3. The van der Waals surface area contributed by atoms with E-state index in [0.717, 1.165) is 0 Å². The maximum atomic E-state index is 11.8. The van der Waals surface area contributed by atoms with Gasteiger partial charge in [-0.2, -0.15) is 0 Å². The molecule has 0 radical (unpaired) electrons. The number of anilines is 1. The van der Waals surface area contributed by atoms with E-state index in [1.807, 2.05) is 0 Å². The summed E-state index contributed by atoms with van der Waals surface area (Å²) in [5, 5.41) is 11.8. The lowest BCUT2D eigenvalue weighted by atomic mass is 10.1. The van der Waals surface area contributed by atoms with E-state index < -0.39 is 0 Å².